The number of aryl methyl sites for hydroxylation is 1. The van der Waals surface area contributed by atoms with Crippen LogP contribution in [0.5, 0.6) is 11.5 Å². The van der Waals surface area contributed by atoms with Crippen LogP contribution in [0.1, 0.15) is 47.2 Å². The van der Waals surface area contributed by atoms with Gasteiger partial charge in [-0.05, 0) is 67.5 Å². The van der Waals surface area contributed by atoms with Crippen molar-refractivity contribution in [1.29, 1.82) is 0 Å². The van der Waals surface area contributed by atoms with Crippen LogP contribution < -0.4 is 9.47 Å². The Hall–Kier alpha value is -2.54. The molecule has 7 heteroatoms. The molecule has 1 aliphatic heterocycles. The zero-order valence-corrected chi connectivity index (χ0v) is 19.3. The zero-order valence-electron chi connectivity index (χ0n) is 18.5. The molecule has 1 amide bonds. The molecule has 0 aromatic heterocycles. The van der Waals surface area contributed by atoms with Gasteiger partial charge in [-0.1, -0.05) is 18.2 Å². The number of hydrogen-bond acceptors (Lipinski definition) is 5. The summed E-state index contributed by atoms with van der Waals surface area (Å²) in [4.78, 5) is 15.2. The van der Waals surface area contributed by atoms with E-state index in [-0.39, 0.29) is 17.7 Å². The van der Waals surface area contributed by atoms with Gasteiger partial charge < -0.3 is 14.4 Å². The lowest BCUT2D eigenvalue weighted by Crippen LogP contribution is -2.44. The van der Waals surface area contributed by atoms with Gasteiger partial charge in [0, 0.05) is 24.4 Å². The van der Waals surface area contributed by atoms with E-state index in [1.54, 1.807) is 38.5 Å². The maximum atomic E-state index is 13.2. The molecule has 0 radical (unpaired) electrons. The molecule has 1 atom stereocenters. The van der Waals surface area contributed by atoms with Gasteiger partial charge in [-0.15, -0.1) is 0 Å². The van der Waals surface area contributed by atoms with Gasteiger partial charge in [-0.25, -0.2) is 8.42 Å². The van der Waals surface area contributed by atoms with E-state index in [9.17, 15) is 13.2 Å². The van der Waals surface area contributed by atoms with E-state index in [1.807, 2.05) is 23.1 Å². The fourth-order valence-electron chi connectivity index (χ4n) is 4.15. The maximum absolute atomic E-state index is 13.2. The predicted octanol–water partition coefficient (Wildman–Crippen LogP) is 3.88. The third-order valence-electron chi connectivity index (χ3n) is 5.73. The summed E-state index contributed by atoms with van der Waals surface area (Å²) in [5, 5.41) is 0. The SMILES string of the molecule is COc1ccc(CCC2CCCCN2C(=O)c2ccc(CS(C)(=O)=O)cc2)cc1OC. The van der Waals surface area contributed by atoms with Gasteiger partial charge in [-0.2, -0.15) is 0 Å². The summed E-state index contributed by atoms with van der Waals surface area (Å²) in [6, 6.07) is 13.1. The topological polar surface area (TPSA) is 72.9 Å². The Bertz CT molecular complexity index is 1000. The molecule has 0 spiro atoms. The number of carbonyl (C=O) groups excluding carboxylic acids is 1. The standard InChI is InChI=1S/C24H31NO5S/c1-29-22-14-10-18(16-23(22)30-2)9-13-21-6-4-5-15-25(21)24(26)20-11-7-19(8-12-20)17-31(3,27)28/h7-8,10-12,14,16,21H,4-6,9,13,15,17H2,1-3H3. The minimum atomic E-state index is -3.09. The lowest BCUT2D eigenvalue weighted by molar-refractivity contribution is 0.0602. The van der Waals surface area contributed by atoms with Crippen LogP contribution in [0.15, 0.2) is 42.5 Å². The molecule has 1 unspecified atom stereocenters. The molecule has 6 nitrogen and oxygen atoms in total. The first-order chi connectivity index (χ1) is 14.8. The molecule has 0 N–H and O–H groups in total. The van der Waals surface area contributed by atoms with Crippen molar-refractivity contribution in [2.24, 2.45) is 0 Å². The molecular formula is C24H31NO5S. The molecule has 168 valence electrons. The van der Waals surface area contributed by atoms with Crippen molar-refractivity contribution in [2.45, 2.75) is 43.9 Å². The molecule has 0 saturated carbocycles. The van der Waals surface area contributed by atoms with Crippen molar-refractivity contribution < 1.29 is 22.7 Å². The fraction of sp³-hybridized carbons (Fsp3) is 0.458. The molecule has 1 aliphatic rings. The number of benzene rings is 2. The number of hydrogen-bond donors (Lipinski definition) is 0. The van der Waals surface area contributed by atoms with E-state index >= 15 is 0 Å². The van der Waals surface area contributed by atoms with Gasteiger partial charge in [0.05, 0.1) is 20.0 Å². The summed E-state index contributed by atoms with van der Waals surface area (Å²) in [5.41, 5.74) is 2.46. The number of piperidine rings is 1. The van der Waals surface area contributed by atoms with Crippen molar-refractivity contribution >= 4 is 15.7 Å². The van der Waals surface area contributed by atoms with Crippen LogP contribution >= 0.6 is 0 Å². The highest BCUT2D eigenvalue weighted by Crippen LogP contribution is 2.29. The second-order valence-corrected chi connectivity index (χ2v) is 10.3. The van der Waals surface area contributed by atoms with E-state index in [4.69, 9.17) is 9.47 Å². The van der Waals surface area contributed by atoms with Crippen molar-refractivity contribution in [3.05, 3.63) is 59.2 Å². The first kappa shape index (κ1) is 23.1. The molecule has 1 saturated heterocycles. The smallest absolute Gasteiger partial charge is 0.254 e. The minimum Gasteiger partial charge on any atom is -0.493 e. The quantitative estimate of drug-likeness (QED) is 0.617. The van der Waals surface area contributed by atoms with E-state index in [1.165, 1.54) is 6.26 Å². The van der Waals surface area contributed by atoms with Crippen molar-refractivity contribution in [3.63, 3.8) is 0 Å². The zero-order chi connectivity index (χ0) is 22.4. The van der Waals surface area contributed by atoms with Gasteiger partial charge in [0.1, 0.15) is 0 Å². The van der Waals surface area contributed by atoms with Crippen LogP contribution in [0.25, 0.3) is 0 Å². The Morgan fingerprint density at radius 1 is 1.00 bits per heavy atom. The second kappa shape index (κ2) is 10.2. The van der Waals surface area contributed by atoms with Gasteiger partial charge >= 0.3 is 0 Å². The van der Waals surface area contributed by atoms with E-state index in [0.29, 0.717) is 22.6 Å². The molecule has 0 aliphatic carbocycles. The Morgan fingerprint density at radius 3 is 2.32 bits per heavy atom. The summed E-state index contributed by atoms with van der Waals surface area (Å²) >= 11 is 0. The molecule has 2 aromatic rings. The lowest BCUT2D eigenvalue weighted by Gasteiger charge is -2.36. The van der Waals surface area contributed by atoms with Crippen molar-refractivity contribution in [3.8, 4) is 11.5 Å². The van der Waals surface area contributed by atoms with Gasteiger partial charge in [-0.3, -0.25) is 4.79 Å². The molecule has 31 heavy (non-hydrogen) atoms. The van der Waals surface area contributed by atoms with Crippen LogP contribution in [0.4, 0.5) is 0 Å². The highest BCUT2D eigenvalue weighted by Gasteiger charge is 2.27. The molecule has 0 bridgehead atoms. The number of ether oxygens (including phenoxy) is 2. The Morgan fingerprint density at radius 2 is 1.68 bits per heavy atom. The van der Waals surface area contributed by atoms with Crippen LogP contribution in [0.3, 0.4) is 0 Å². The van der Waals surface area contributed by atoms with Gasteiger partial charge in [0.25, 0.3) is 5.91 Å². The molecule has 3 rings (SSSR count). The number of methoxy groups -OCH3 is 2. The molecule has 2 aromatic carbocycles. The minimum absolute atomic E-state index is 0.0147. The Labute approximate surface area is 185 Å². The average molecular weight is 446 g/mol. The normalized spacial score (nSPS) is 16.7. The van der Waals surface area contributed by atoms with Crippen LogP contribution in [0, 0.1) is 0 Å². The Balaban J connectivity index is 1.68. The number of rotatable bonds is 8. The summed E-state index contributed by atoms with van der Waals surface area (Å²) in [6.07, 6.45) is 6.06. The number of nitrogens with zero attached hydrogens (tertiary/aromatic N) is 1. The number of carbonyl (C=O) groups is 1. The molecule has 1 fully saturated rings. The van der Waals surface area contributed by atoms with Gasteiger partial charge in [0.15, 0.2) is 21.3 Å². The summed E-state index contributed by atoms with van der Waals surface area (Å²) in [5.74, 6) is 1.42. The van der Waals surface area contributed by atoms with Crippen LogP contribution in [-0.4, -0.2) is 52.3 Å². The lowest BCUT2D eigenvalue weighted by atomic mass is 9.94. The van der Waals surface area contributed by atoms with Crippen LogP contribution in [0.2, 0.25) is 0 Å². The monoisotopic (exact) mass is 445 g/mol. The summed E-state index contributed by atoms with van der Waals surface area (Å²) < 4.78 is 33.7. The van der Waals surface area contributed by atoms with Crippen LogP contribution in [-0.2, 0) is 22.0 Å². The molecular weight excluding hydrogens is 414 g/mol. The van der Waals surface area contributed by atoms with E-state index in [2.05, 4.69) is 0 Å². The van der Waals surface area contributed by atoms with E-state index < -0.39 is 9.84 Å². The van der Waals surface area contributed by atoms with E-state index in [0.717, 1.165) is 44.2 Å². The van der Waals surface area contributed by atoms with Crippen molar-refractivity contribution in [1.82, 2.24) is 4.90 Å². The number of sulfone groups is 1. The first-order valence-corrected chi connectivity index (χ1v) is 12.7. The number of amides is 1. The second-order valence-electron chi connectivity index (χ2n) is 8.14. The molecule has 1 heterocycles. The first-order valence-electron chi connectivity index (χ1n) is 10.6. The summed E-state index contributed by atoms with van der Waals surface area (Å²) in [6.45, 7) is 0.751. The number of likely N-dealkylation sites (tertiary alicyclic amines) is 1. The highest BCUT2D eigenvalue weighted by molar-refractivity contribution is 7.89. The third-order valence-corrected chi connectivity index (χ3v) is 6.59. The van der Waals surface area contributed by atoms with Crippen molar-refractivity contribution in [2.75, 3.05) is 27.0 Å². The average Bonchev–Trinajstić information content (AvgIpc) is 2.76. The predicted molar refractivity (Wildman–Crippen MR) is 122 cm³/mol. The largest absolute Gasteiger partial charge is 0.493 e. The fourth-order valence-corrected chi connectivity index (χ4v) is 4.95. The maximum Gasteiger partial charge on any atom is 0.254 e. The third kappa shape index (κ3) is 6.23. The van der Waals surface area contributed by atoms with Gasteiger partial charge in [0.2, 0.25) is 0 Å². The summed E-state index contributed by atoms with van der Waals surface area (Å²) in [7, 11) is 0.156. The Kier molecular flexibility index (Phi) is 7.59. The highest BCUT2D eigenvalue weighted by atomic mass is 32.2.